The third kappa shape index (κ3) is 2.81. The molecule has 1 aromatic carbocycles. The lowest BCUT2D eigenvalue weighted by Crippen LogP contribution is -2.39. The highest BCUT2D eigenvalue weighted by molar-refractivity contribution is 14.1. The lowest BCUT2D eigenvalue weighted by molar-refractivity contribution is 0.0689. The van der Waals surface area contributed by atoms with Crippen LogP contribution in [0, 0.1) is 9.49 Å². The predicted molar refractivity (Wildman–Crippen MR) is 85.2 cm³/mol. The largest absolute Gasteiger partial charge is 0.335 e. The third-order valence-corrected chi connectivity index (χ3v) is 5.25. The van der Waals surface area contributed by atoms with Crippen LogP contribution in [0.5, 0.6) is 0 Å². The molecule has 1 amide bonds. The first kappa shape index (κ1) is 13.4. The highest BCUT2D eigenvalue weighted by Gasteiger charge is 2.36. The molecule has 1 heterocycles. The molecule has 3 heteroatoms. The van der Waals surface area contributed by atoms with E-state index in [0.717, 1.165) is 21.6 Å². The molecule has 102 valence electrons. The van der Waals surface area contributed by atoms with E-state index in [1.807, 2.05) is 24.3 Å². The van der Waals surface area contributed by atoms with E-state index in [0.29, 0.717) is 6.04 Å². The molecule has 0 radical (unpaired) electrons. The van der Waals surface area contributed by atoms with Crippen molar-refractivity contribution in [2.75, 3.05) is 6.54 Å². The summed E-state index contributed by atoms with van der Waals surface area (Å²) in [6.45, 7) is 0.950. The molecule has 1 aliphatic heterocycles. The fraction of sp³-hybridized carbons (Fsp3) is 0.562. The zero-order valence-electron chi connectivity index (χ0n) is 11.1. The quantitative estimate of drug-likeness (QED) is 0.720. The Morgan fingerprint density at radius 1 is 1.16 bits per heavy atom. The van der Waals surface area contributed by atoms with Crippen molar-refractivity contribution in [3.8, 4) is 0 Å². The Hall–Kier alpha value is -0.580. The Morgan fingerprint density at radius 2 is 1.95 bits per heavy atom. The van der Waals surface area contributed by atoms with Gasteiger partial charge >= 0.3 is 0 Å². The molecule has 2 nitrogen and oxygen atoms in total. The number of amides is 1. The van der Waals surface area contributed by atoms with Crippen LogP contribution >= 0.6 is 22.6 Å². The SMILES string of the molecule is O=C(c1cccc(I)c1)N1CCCC1C1CCCC1. The summed E-state index contributed by atoms with van der Waals surface area (Å²) in [7, 11) is 0. The fourth-order valence-electron chi connectivity index (χ4n) is 3.66. The summed E-state index contributed by atoms with van der Waals surface area (Å²) >= 11 is 2.27. The van der Waals surface area contributed by atoms with Crippen LogP contribution in [0.3, 0.4) is 0 Å². The number of rotatable bonds is 2. The van der Waals surface area contributed by atoms with Crippen molar-refractivity contribution in [2.45, 2.75) is 44.6 Å². The smallest absolute Gasteiger partial charge is 0.254 e. The topological polar surface area (TPSA) is 20.3 Å². The van der Waals surface area contributed by atoms with E-state index >= 15 is 0 Å². The maximum atomic E-state index is 12.7. The predicted octanol–water partition coefficient (Wildman–Crippen LogP) is 4.09. The average molecular weight is 369 g/mol. The Balaban J connectivity index is 1.78. The van der Waals surface area contributed by atoms with E-state index in [9.17, 15) is 4.79 Å². The van der Waals surface area contributed by atoms with E-state index < -0.39 is 0 Å². The molecule has 0 aromatic heterocycles. The molecule has 2 fully saturated rings. The Bertz CT molecular complexity index is 468. The van der Waals surface area contributed by atoms with Gasteiger partial charge in [-0.3, -0.25) is 4.79 Å². The van der Waals surface area contributed by atoms with Crippen LogP contribution in [0.15, 0.2) is 24.3 Å². The minimum absolute atomic E-state index is 0.243. The molecule has 0 spiro atoms. The lowest BCUT2D eigenvalue weighted by Gasteiger charge is -2.29. The zero-order valence-corrected chi connectivity index (χ0v) is 13.3. The molecule has 1 saturated heterocycles. The number of likely N-dealkylation sites (tertiary alicyclic amines) is 1. The minimum Gasteiger partial charge on any atom is -0.335 e. The average Bonchev–Trinajstić information content (AvgIpc) is 3.08. The summed E-state index contributed by atoms with van der Waals surface area (Å²) in [5.41, 5.74) is 0.858. The van der Waals surface area contributed by atoms with Gasteiger partial charge in [-0.15, -0.1) is 0 Å². The van der Waals surface area contributed by atoms with Gasteiger partial charge in [0.15, 0.2) is 0 Å². The van der Waals surface area contributed by atoms with Gasteiger partial charge in [-0.2, -0.15) is 0 Å². The summed E-state index contributed by atoms with van der Waals surface area (Å²) in [5.74, 6) is 1.00. The first-order valence-electron chi connectivity index (χ1n) is 7.32. The van der Waals surface area contributed by atoms with Gasteiger partial charge in [0.05, 0.1) is 0 Å². The molecule has 1 aliphatic carbocycles. The molecular weight excluding hydrogens is 349 g/mol. The van der Waals surface area contributed by atoms with Crippen LogP contribution in [0.1, 0.15) is 48.9 Å². The maximum Gasteiger partial charge on any atom is 0.254 e. The minimum atomic E-state index is 0.243. The Morgan fingerprint density at radius 3 is 2.68 bits per heavy atom. The second-order valence-corrected chi connectivity index (χ2v) is 7.01. The van der Waals surface area contributed by atoms with Crippen molar-refractivity contribution < 1.29 is 4.79 Å². The van der Waals surface area contributed by atoms with Crippen LogP contribution in [0.4, 0.5) is 0 Å². The molecule has 1 unspecified atom stereocenters. The van der Waals surface area contributed by atoms with Crippen LogP contribution in [-0.2, 0) is 0 Å². The second-order valence-electron chi connectivity index (χ2n) is 5.76. The van der Waals surface area contributed by atoms with Gasteiger partial charge in [-0.25, -0.2) is 0 Å². The molecule has 2 aliphatic rings. The molecule has 3 rings (SSSR count). The van der Waals surface area contributed by atoms with Crippen molar-refractivity contribution in [1.82, 2.24) is 4.90 Å². The second kappa shape index (κ2) is 5.81. The van der Waals surface area contributed by atoms with E-state index in [-0.39, 0.29) is 5.91 Å². The van der Waals surface area contributed by atoms with Gasteiger partial charge in [-0.1, -0.05) is 18.9 Å². The van der Waals surface area contributed by atoms with E-state index in [1.165, 1.54) is 38.5 Å². The van der Waals surface area contributed by atoms with Crippen molar-refractivity contribution >= 4 is 28.5 Å². The van der Waals surface area contributed by atoms with Gasteiger partial charge in [0, 0.05) is 21.7 Å². The van der Waals surface area contributed by atoms with Gasteiger partial charge in [0.2, 0.25) is 0 Å². The normalized spacial score (nSPS) is 24.1. The molecule has 1 saturated carbocycles. The summed E-state index contributed by atoms with van der Waals surface area (Å²) in [6.07, 6.45) is 7.73. The number of hydrogen-bond acceptors (Lipinski definition) is 1. The monoisotopic (exact) mass is 369 g/mol. The van der Waals surface area contributed by atoms with Crippen LogP contribution < -0.4 is 0 Å². The van der Waals surface area contributed by atoms with Crippen LogP contribution in [0.25, 0.3) is 0 Å². The van der Waals surface area contributed by atoms with Crippen molar-refractivity contribution in [1.29, 1.82) is 0 Å². The zero-order chi connectivity index (χ0) is 13.2. The van der Waals surface area contributed by atoms with Crippen molar-refractivity contribution in [2.24, 2.45) is 5.92 Å². The number of carbonyl (C=O) groups is 1. The van der Waals surface area contributed by atoms with Crippen molar-refractivity contribution in [3.05, 3.63) is 33.4 Å². The molecular formula is C16H20INO. The summed E-state index contributed by atoms with van der Waals surface area (Å²) < 4.78 is 1.14. The molecule has 1 aromatic rings. The number of nitrogens with zero attached hydrogens (tertiary/aromatic N) is 1. The highest BCUT2D eigenvalue weighted by Crippen LogP contribution is 2.36. The van der Waals surface area contributed by atoms with Crippen molar-refractivity contribution in [3.63, 3.8) is 0 Å². The van der Waals surface area contributed by atoms with E-state index in [1.54, 1.807) is 0 Å². The third-order valence-electron chi connectivity index (χ3n) is 4.58. The number of carbonyl (C=O) groups excluding carboxylic acids is 1. The van der Waals surface area contributed by atoms with Crippen LogP contribution in [-0.4, -0.2) is 23.4 Å². The summed E-state index contributed by atoms with van der Waals surface area (Å²) in [4.78, 5) is 14.8. The number of halogens is 1. The number of benzene rings is 1. The molecule has 19 heavy (non-hydrogen) atoms. The van der Waals surface area contributed by atoms with Crippen LogP contribution in [0.2, 0.25) is 0 Å². The van der Waals surface area contributed by atoms with E-state index in [4.69, 9.17) is 0 Å². The van der Waals surface area contributed by atoms with Gasteiger partial charge in [-0.05, 0) is 72.4 Å². The fourth-order valence-corrected chi connectivity index (χ4v) is 4.21. The standard InChI is InChI=1S/C16H20INO/c17-14-8-3-7-13(11-14)16(19)18-10-4-9-15(18)12-5-1-2-6-12/h3,7-8,11-12,15H,1-2,4-6,9-10H2. The molecule has 0 N–H and O–H groups in total. The van der Waals surface area contributed by atoms with Gasteiger partial charge in [0.25, 0.3) is 5.91 Å². The lowest BCUT2D eigenvalue weighted by atomic mass is 9.95. The molecule has 1 atom stereocenters. The Kier molecular flexibility index (Phi) is 4.10. The van der Waals surface area contributed by atoms with Gasteiger partial charge < -0.3 is 4.90 Å². The first-order valence-corrected chi connectivity index (χ1v) is 8.40. The highest BCUT2D eigenvalue weighted by atomic mass is 127. The summed E-state index contributed by atoms with van der Waals surface area (Å²) in [6, 6.07) is 8.49. The number of hydrogen-bond donors (Lipinski definition) is 0. The van der Waals surface area contributed by atoms with Gasteiger partial charge in [0.1, 0.15) is 0 Å². The Labute approximate surface area is 128 Å². The summed E-state index contributed by atoms with van der Waals surface area (Å²) in [5, 5.41) is 0. The molecule has 0 bridgehead atoms. The maximum absolute atomic E-state index is 12.7. The first-order chi connectivity index (χ1) is 9.25. The van der Waals surface area contributed by atoms with E-state index in [2.05, 4.69) is 27.5 Å².